The average molecular weight is 411 g/mol. The van der Waals surface area contributed by atoms with Crippen molar-refractivity contribution in [1.29, 1.82) is 5.26 Å². The molecule has 4 atom stereocenters. The first-order chi connectivity index (χ1) is 13.2. The van der Waals surface area contributed by atoms with Gasteiger partial charge in [0, 0.05) is 19.4 Å². The van der Waals surface area contributed by atoms with Gasteiger partial charge in [0.25, 0.3) is 11.3 Å². The molecule has 0 aliphatic carbocycles. The number of methoxy groups -OCH3 is 1. The summed E-state index contributed by atoms with van der Waals surface area (Å²) in [7, 11) is -1.45. The molecule has 1 N–H and O–H groups in total. The van der Waals surface area contributed by atoms with E-state index in [1.807, 2.05) is 27.7 Å². The van der Waals surface area contributed by atoms with Gasteiger partial charge in [0.1, 0.15) is 31.0 Å². The number of ether oxygens (including phenoxy) is 2. The van der Waals surface area contributed by atoms with E-state index >= 15 is 0 Å². The highest BCUT2D eigenvalue weighted by Gasteiger charge is 2.64. The predicted molar refractivity (Wildman–Crippen MR) is 98.4 cm³/mol. The second-order valence-corrected chi connectivity index (χ2v) is 11.7. The summed E-state index contributed by atoms with van der Waals surface area (Å²) in [5.74, 6) is 0. The van der Waals surface area contributed by atoms with Gasteiger partial charge >= 0.3 is 14.3 Å². The number of hydrogen-bond acceptors (Lipinski definition) is 8. The number of nitrogens with zero attached hydrogens (tertiary/aromatic N) is 2. The minimum absolute atomic E-state index is 0.0141. The number of aromatic amines is 1. The van der Waals surface area contributed by atoms with E-state index in [2.05, 4.69) is 11.1 Å². The molecule has 1 aromatic rings. The lowest BCUT2D eigenvalue weighted by Crippen LogP contribution is -2.56. The lowest BCUT2D eigenvalue weighted by atomic mass is 10.0. The molecule has 2 aliphatic rings. The van der Waals surface area contributed by atoms with Crippen LogP contribution in [0.4, 0.5) is 0 Å². The van der Waals surface area contributed by atoms with E-state index in [9.17, 15) is 14.9 Å². The average Bonchev–Trinajstić information content (AvgIpc) is 2.79. The van der Waals surface area contributed by atoms with Crippen LogP contribution in [0.15, 0.2) is 21.9 Å². The highest BCUT2D eigenvalue weighted by atomic mass is 28.4. The fourth-order valence-corrected chi connectivity index (χ4v) is 7.17. The Balaban J connectivity index is 2.10. The highest BCUT2D eigenvalue weighted by Crippen LogP contribution is 2.45. The van der Waals surface area contributed by atoms with E-state index in [0.29, 0.717) is 0 Å². The normalized spacial score (nSPS) is 32.1. The van der Waals surface area contributed by atoms with Crippen LogP contribution in [-0.2, 0) is 29.1 Å². The van der Waals surface area contributed by atoms with Crippen LogP contribution in [0.3, 0.4) is 0 Å². The molecule has 154 valence electrons. The molecule has 0 amide bonds. The number of nitriles is 1. The SMILES string of the molecule is COC1C2O[Si](C(C)C)(C(C)C)OOCC2OC1(C#N)n1ccc(=O)[nH]c1=O. The molecule has 0 spiro atoms. The number of hydrogen-bond donors (Lipinski definition) is 1. The summed E-state index contributed by atoms with van der Waals surface area (Å²) >= 11 is 0. The summed E-state index contributed by atoms with van der Waals surface area (Å²) in [4.78, 5) is 31.5. The van der Waals surface area contributed by atoms with Crippen molar-refractivity contribution in [3.8, 4) is 6.07 Å². The highest BCUT2D eigenvalue weighted by molar-refractivity contribution is 6.70. The summed E-state index contributed by atoms with van der Waals surface area (Å²) in [6, 6.07) is 3.20. The van der Waals surface area contributed by atoms with E-state index in [4.69, 9.17) is 23.4 Å². The molecule has 0 radical (unpaired) electrons. The van der Waals surface area contributed by atoms with Crippen LogP contribution < -0.4 is 11.2 Å². The number of aromatic nitrogens is 2. The van der Waals surface area contributed by atoms with Gasteiger partial charge in [-0.05, 0) is 11.1 Å². The molecule has 2 fully saturated rings. The lowest BCUT2D eigenvalue weighted by Gasteiger charge is -2.38. The molecular weight excluding hydrogens is 386 g/mol. The van der Waals surface area contributed by atoms with Crippen LogP contribution in [0.5, 0.6) is 0 Å². The maximum absolute atomic E-state index is 12.4. The summed E-state index contributed by atoms with van der Waals surface area (Å²) in [5.41, 5.74) is -3.07. The van der Waals surface area contributed by atoms with Crippen molar-refractivity contribution in [3.05, 3.63) is 33.1 Å². The van der Waals surface area contributed by atoms with E-state index in [-0.39, 0.29) is 17.7 Å². The zero-order chi connectivity index (χ0) is 20.7. The number of fused-ring (bicyclic) bond motifs is 1. The maximum atomic E-state index is 12.4. The summed E-state index contributed by atoms with van der Waals surface area (Å²) in [6.45, 7) is 8.00. The van der Waals surface area contributed by atoms with Crippen LogP contribution >= 0.6 is 0 Å². The zero-order valence-electron chi connectivity index (χ0n) is 16.5. The Bertz CT molecular complexity index is 868. The maximum Gasteiger partial charge on any atom is 0.380 e. The van der Waals surface area contributed by atoms with E-state index in [1.54, 1.807) is 0 Å². The second-order valence-electron chi connectivity index (χ2n) is 7.58. The van der Waals surface area contributed by atoms with E-state index in [1.165, 1.54) is 13.3 Å². The summed E-state index contributed by atoms with van der Waals surface area (Å²) in [6.07, 6.45) is -1.12. The van der Waals surface area contributed by atoms with Crippen molar-refractivity contribution in [3.63, 3.8) is 0 Å². The smallest absolute Gasteiger partial charge is 0.380 e. The van der Waals surface area contributed by atoms with Crippen molar-refractivity contribution in [2.24, 2.45) is 0 Å². The monoisotopic (exact) mass is 411 g/mol. The first kappa shape index (κ1) is 20.9. The molecular formula is C17H25N3O7Si. The Kier molecular flexibility index (Phi) is 5.64. The summed E-state index contributed by atoms with van der Waals surface area (Å²) < 4.78 is 24.9. The third-order valence-corrected chi connectivity index (χ3v) is 9.57. The molecule has 28 heavy (non-hydrogen) atoms. The molecule has 4 unspecified atom stereocenters. The number of rotatable bonds is 4. The molecule has 10 nitrogen and oxygen atoms in total. The molecule has 2 aliphatic heterocycles. The zero-order valence-corrected chi connectivity index (χ0v) is 17.5. The third kappa shape index (κ3) is 3.06. The minimum Gasteiger partial charge on any atom is -0.383 e. The quantitative estimate of drug-likeness (QED) is 0.568. The van der Waals surface area contributed by atoms with Crippen molar-refractivity contribution in [2.75, 3.05) is 13.7 Å². The number of nitrogens with one attached hydrogen (secondary N) is 1. The Hall–Kier alpha value is -1.81. The van der Waals surface area contributed by atoms with Gasteiger partial charge in [-0.25, -0.2) is 9.68 Å². The molecule has 3 rings (SSSR count). The molecule has 0 saturated carbocycles. The molecule has 1 aromatic heterocycles. The van der Waals surface area contributed by atoms with E-state index < -0.39 is 43.8 Å². The Morgan fingerprint density at radius 2 is 2.04 bits per heavy atom. The van der Waals surface area contributed by atoms with Gasteiger partial charge < -0.3 is 13.9 Å². The third-order valence-electron chi connectivity index (χ3n) is 5.33. The van der Waals surface area contributed by atoms with Gasteiger partial charge in [-0.3, -0.25) is 18.9 Å². The van der Waals surface area contributed by atoms with Gasteiger partial charge in [-0.1, -0.05) is 27.7 Å². The van der Waals surface area contributed by atoms with Crippen LogP contribution in [0, 0.1) is 11.3 Å². The Morgan fingerprint density at radius 1 is 1.36 bits per heavy atom. The topological polar surface area (TPSA) is 125 Å². The van der Waals surface area contributed by atoms with Gasteiger partial charge in [0.2, 0.25) is 0 Å². The van der Waals surface area contributed by atoms with Crippen molar-refractivity contribution in [2.45, 2.75) is 62.8 Å². The second kappa shape index (κ2) is 7.55. The summed E-state index contributed by atoms with van der Waals surface area (Å²) in [5, 5.41) is 10.0. The van der Waals surface area contributed by atoms with Crippen molar-refractivity contribution in [1.82, 2.24) is 9.55 Å². The molecule has 0 bridgehead atoms. The van der Waals surface area contributed by atoms with Crippen molar-refractivity contribution < 1.29 is 23.4 Å². The molecule has 3 heterocycles. The van der Waals surface area contributed by atoms with Crippen LogP contribution in [0.25, 0.3) is 0 Å². The first-order valence-corrected chi connectivity index (χ1v) is 11.1. The Morgan fingerprint density at radius 3 is 2.57 bits per heavy atom. The van der Waals surface area contributed by atoms with E-state index in [0.717, 1.165) is 10.6 Å². The number of H-pyrrole nitrogens is 1. The van der Waals surface area contributed by atoms with Gasteiger partial charge in [0.05, 0.1) is 0 Å². The molecule has 2 saturated heterocycles. The molecule has 11 heteroatoms. The predicted octanol–water partition coefficient (Wildman–Crippen LogP) is 0.736. The van der Waals surface area contributed by atoms with Gasteiger partial charge in [-0.15, -0.1) is 0 Å². The lowest BCUT2D eigenvalue weighted by molar-refractivity contribution is -0.247. The minimum atomic E-state index is -2.87. The largest absolute Gasteiger partial charge is 0.383 e. The fraction of sp³-hybridized carbons (Fsp3) is 0.706. The van der Waals surface area contributed by atoms with Crippen LogP contribution in [-0.4, -0.2) is 50.1 Å². The van der Waals surface area contributed by atoms with Gasteiger partial charge in [-0.2, -0.15) is 5.26 Å². The van der Waals surface area contributed by atoms with Crippen LogP contribution in [0.1, 0.15) is 27.7 Å². The molecule has 0 aromatic carbocycles. The van der Waals surface area contributed by atoms with Crippen LogP contribution in [0.2, 0.25) is 11.1 Å². The fourth-order valence-electron chi connectivity index (χ4n) is 3.92. The Labute approximate surface area is 163 Å². The van der Waals surface area contributed by atoms with Gasteiger partial charge in [0.15, 0.2) is 0 Å². The van der Waals surface area contributed by atoms with Crippen molar-refractivity contribution >= 4 is 8.56 Å². The standard InChI is InChI=1S/C17H25N3O7Si/c1-10(2)28(11(3)4)26-14-12(8-24-27-28)25-17(9-18,15(14)23-5)20-7-6-13(21)19-16(20)22/h6-7,10-12,14-15H,8H2,1-5H3,(H,19,21,22). The first-order valence-electron chi connectivity index (χ1n) is 9.14.